The van der Waals surface area contributed by atoms with Crippen LogP contribution in [0, 0.1) is 6.92 Å². The summed E-state index contributed by atoms with van der Waals surface area (Å²) >= 11 is 1.83. The van der Waals surface area contributed by atoms with Gasteiger partial charge >= 0.3 is 0 Å². The normalized spacial score (nSPS) is 11.7. The second-order valence-electron chi connectivity index (χ2n) is 11.0. The van der Waals surface area contributed by atoms with Crippen molar-refractivity contribution in [1.29, 1.82) is 0 Å². The smallest absolute Gasteiger partial charge is 0.00987 e. The van der Waals surface area contributed by atoms with Crippen LogP contribution in [0.15, 0.2) is 72.1 Å². The van der Waals surface area contributed by atoms with Crippen molar-refractivity contribution in [1.82, 2.24) is 0 Å². The number of hydrogen-bond acceptors (Lipinski definition) is 1. The maximum Gasteiger partial charge on any atom is 0.00987 e. The van der Waals surface area contributed by atoms with Crippen LogP contribution in [0.2, 0.25) is 0 Å². The van der Waals surface area contributed by atoms with E-state index in [1.807, 2.05) is 11.3 Å². The predicted octanol–water partition coefficient (Wildman–Crippen LogP) is 9.32. The fourth-order valence-corrected chi connectivity index (χ4v) is 3.51. The highest BCUT2D eigenvalue weighted by atomic mass is 32.1. The number of rotatable bonds is 0. The molecule has 0 aliphatic heterocycles. The van der Waals surface area contributed by atoms with Crippen molar-refractivity contribution in [3.05, 3.63) is 93.7 Å². The Bertz CT molecular complexity index is 819. The van der Waals surface area contributed by atoms with Crippen molar-refractivity contribution in [2.45, 2.75) is 85.5 Å². The van der Waals surface area contributed by atoms with Crippen molar-refractivity contribution >= 4 is 11.3 Å². The van der Waals surface area contributed by atoms with E-state index in [9.17, 15) is 0 Å². The highest BCUT2D eigenvalue weighted by Gasteiger charge is 2.13. The van der Waals surface area contributed by atoms with Gasteiger partial charge in [0.15, 0.2) is 0 Å². The molecule has 0 fully saturated rings. The van der Waals surface area contributed by atoms with Gasteiger partial charge in [0, 0.05) is 4.88 Å². The summed E-state index contributed by atoms with van der Waals surface area (Å²) in [6, 6.07) is 23.6. The minimum atomic E-state index is 0.285. The molecule has 0 amide bonds. The summed E-state index contributed by atoms with van der Waals surface area (Å²) in [7, 11) is 0. The van der Waals surface area contributed by atoms with Gasteiger partial charge in [-0.05, 0) is 45.7 Å². The average Bonchev–Trinajstić information content (AvgIpc) is 3.18. The van der Waals surface area contributed by atoms with E-state index >= 15 is 0 Å². The van der Waals surface area contributed by atoms with Gasteiger partial charge in [0.05, 0.1) is 0 Å². The van der Waals surface area contributed by atoms with Crippen molar-refractivity contribution < 1.29 is 0 Å². The first-order valence-electron chi connectivity index (χ1n) is 10.9. The van der Waals surface area contributed by atoms with Gasteiger partial charge in [-0.1, -0.05) is 129 Å². The summed E-state index contributed by atoms with van der Waals surface area (Å²) in [6.45, 7) is 22.2. The zero-order chi connectivity index (χ0) is 23.0. The second kappa shape index (κ2) is 11.0. The van der Waals surface area contributed by atoms with E-state index in [4.69, 9.17) is 0 Å². The molecule has 30 heavy (non-hydrogen) atoms. The molecule has 0 N–H and O–H groups in total. The van der Waals surface area contributed by atoms with Crippen molar-refractivity contribution in [2.75, 3.05) is 0 Å². The third-order valence-electron chi connectivity index (χ3n) is 4.82. The van der Waals surface area contributed by atoms with Crippen LogP contribution in [0.25, 0.3) is 0 Å². The predicted molar refractivity (Wildman–Crippen MR) is 138 cm³/mol. The fraction of sp³-hybridized carbons (Fsp3) is 0.448. The molecule has 1 heterocycles. The Kier molecular flexibility index (Phi) is 9.56. The van der Waals surface area contributed by atoms with Gasteiger partial charge in [0.2, 0.25) is 0 Å². The summed E-state index contributed by atoms with van der Waals surface area (Å²) in [5.41, 5.74) is 5.06. The number of aryl methyl sites for hydroxylation is 1. The third kappa shape index (κ3) is 9.76. The number of hydrogen-bond donors (Lipinski definition) is 0. The van der Waals surface area contributed by atoms with Crippen LogP contribution in [-0.2, 0) is 16.2 Å². The Labute approximate surface area is 190 Å². The van der Waals surface area contributed by atoms with E-state index < -0.39 is 0 Å². The number of benzene rings is 2. The first-order valence-corrected chi connectivity index (χ1v) is 11.8. The summed E-state index contributed by atoms with van der Waals surface area (Å²) in [5, 5.41) is 2.13. The first-order chi connectivity index (χ1) is 13.7. The van der Waals surface area contributed by atoms with Crippen LogP contribution in [0.4, 0.5) is 0 Å². The zero-order valence-electron chi connectivity index (χ0n) is 20.8. The average molecular weight is 423 g/mol. The molecular formula is C29H42S. The molecule has 0 nitrogen and oxygen atoms in total. The lowest BCUT2D eigenvalue weighted by molar-refractivity contribution is 0.590. The molecule has 0 spiro atoms. The van der Waals surface area contributed by atoms with E-state index in [0.717, 1.165) is 0 Å². The van der Waals surface area contributed by atoms with Crippen LogP contribution >= 0.6 is 11.3 Å². The van der Waals surface area contributed by atoms with E-state index in [0.29, 0.717) is 10.8 Å². The molecule has 3 rings (SSSR count). The van der Waals surface area contributed by atoms with Crippen molar-refractivity contribution in [2.24, 2.45) is 0 Å². The van der Waals surface area contributed by atoms with Gasteiger partial charge in [0.1, 0.15) is 0 Å². The maximum atomic E-state index is 2.23. The van der Waals surface area contributed by atoms with Crippen LogP contribution in [-0.4, -0.2) is 0 Å². The van der Waals surface area contributed by atoms with Crippen LogP contribution in [0.5, 0.6) is 0 Å². The highest BCUT2D eigenvalue weighted by molar-refractivity contribution is 7.10. The monoisotopic (exact) mass is 422 g/mol. The molecule has 0 radical (unpaired) electrons. The van der Waals surface area contributed by atoms with Crippen molar-refractivity contribution in [3.63, 3.8) is 0 Å². The first kappa shape index (κ1) is 26.2. The van der Waals surface area contributed by atoms with Gasteiger partial charge in [0.25, 0.3) is 0 Å². The Balaban J connectivity index is 0.000000226. The second-order valence-corrected chi connectivity index (χ2v) is 11.9. The lowest BCUT2D eigenvalue weighted by atomic mass is 9.87. The quantitative estimate of drug-likeness (QED) is 0.338. The van der Waals surface area contributed by atoms with Crippen LogP contribution < -0.4 is 0 Å². The third-order valence-corrected chi connectivity index (χ3v) is 6.11. The molecule has 0 aliphatic rings. The molecule has 164 valence electrons. The summed E-state index contributed by atoms with van der Waals surface area (Å²) in [4.78, 5) is 1.46. The largest absolute Gasteiger partial charge is 0.148 e. The summed E-state index contributed by atoms with van der Waals surface area (Å²) < 4.78 is 0. The maximum absolute atomic E-state index is 2.23. The number of thiophene rings is 1. The molecule has 0 atom stereocenters. The molecule has 3 aromatic rings. The molecule has 2 aromatic carbocycles. The zero-order valence-corrected chi connectivity index (χ0v) is 21.7. The SMILES string of the molecule is CC(C)(C)c1ccccc1.CC(C)(C)c1cccs1.Cc1ccc(C(C)(C)C)cc1. The molecule has 1 heteroatoms. The van der Waals surface area contributed by atoms with Crippen LogP contribution in [0.3, 0.4) is 0 Å². The van der Waals surface area contributed by atoms with Gasteiger partial charge in [-0.25, -0.2) is 0 Å². The lowest BCUT2D eigenvalue weighted by Gasteiger charge is -2.18. The molecule has 0 saturated heterocycles. The molecule has 0 unspecified atom stereocenters. The fourth-order valence-electron chi connectivity index (χ4n) is 2.70. The van der Waals surface area contributed by atoms with E-state index in [1.165, 1.54) is 21.6 Å². The minimum Gasteiger partial charge on any atom is -0.148 e. The van der Waals surface area contributed by atoms with Gasteiger partial charge in [-0.3, -0.25) is 0 Å². The lowest BCUT2D eigenvalue weighted by Crippen LogP contribution is -2.10. The minimum absolute atomic E-state index is 0.285. The highest BCUT2D eigenvalue weighted by Crippen LogP contribution is 2.26. The Hall–Kier alpha value is -1.86. The topological polar surface area (TPSA) is 0 Å². The van der Waals surface area contributed by atoms with Gasteiger partial charge in [-0.2, -0.15) is 0 Å². The van der Waals surface area contributed by atoms with Gasteiger partial charge in [-0.15, -0.1) is 11.3 Å². The van der Waals surface area contributed by atoms with Crippen LogP contribution in [0.1, 0.15) is 83.9 Å². The summed E-state index contributed by atoms with van der Waals surface area (Å²) in [5.74, 6) is 0. The van der Waals surface area contributed by atoms with E-state index in [1.54, 1.807) is 0 Å². The Morgan fingerprint density at radius 1 is 0.500 bits per heavy atom. The molecule has 0 bridgehead atoms. The Morgan fingerprint density at radius 3 is 1.27 bits per heavy atom. The molecule has 0 aliphatic carbocycles. The molecule has 1 aromatic heterocycles. The molecular weight excluding hydrogens is 380 g/mol. The standard InChI is InChI=1S/C11H16.C10H14.C8H12S/c1-9-5-7-10(8-6-9)11(2,3)4;1-10(2,3)9-7-5-4-6-8-9;1-8(2,3)7-5-4-6-9-7/h5-8H,1-4H3;4-8H,1-3H3;4-6H,1-3H3. The molecule has 0 saturated carbocycles. The van der Waals surface area contributed by atoms with Gasteiger partial charge < -0.3 is 0 Å². The van der Waals surface area contributed by atoms with E-state index in [2.05, 4.69) is 141 Å². The summed E-state index contributed by atoms with van der Waals surface area (Å²) in [6.07, 6.45) is 0. The van der Waals surface area contributed by atoms with E-state index in [-0.39, 0.29) is 5.41 Å². The Morgan fingerprint density at radius 2 is 0.967 bits per heavy atom. The van der Waals surface area contributed by atoms with Crippen molar-refractivity contribution in [3.8, 4) is 0 Å².